The van der Waals surface area contributed by atoms with Gasteiger partial charge < -0.3 is 44.3 Å². The monoisotopic (exact) mass is 735 g/mol. The first-order valence-electron chi connectivity index (χ1n) is 18.7. The molecule has 1 atom stereocenters. The van der Waals surface area contributed by atoms with Gasteiger partial charge >= 0.3 is 6.09 Å². The lowest BCUT2D eigenvalue weighted by atomic mass is 10.0. The van der Waals surface area contributed by atoms with E-state index in [0.717, 1.165) is 31.5 Å². The van der Waals surface area contributed by atoms with Gasteiger partial charge in [-0.05, 0) is 71.1 Å². The second-order valence-corrected chi connectivity index (χ2v) is 14.2. The maximum atomic E-state index is 13.2. The molecule has 14 nitrogen and oxygen atoms in total. The molecule has 53 heavy (non-hydrogen) atoms. The predicted octanol–water partition coefficient (Wildman–Crippen LogP) is 5.54. The Bertz CT molecular complexity index is 1570. The first kappa shape index (κ1) is 41.2. The molecule has 1 aromatic carbocycles. The molecule has 1 aliphatic carbocycles. The summed E-state index contributed by atoms with van der Waals surface area (Å²) in [4.78, 5) is 53.4. The standard InChI is InChI=1S/C39H57N7O7/c1-8-10-20-45(38(49)53-39(3,4)5)21-14-23-52-25-24-51-22-13-19-40-35(47)28-17-18-30(33(26-28)50-7)42-37-41-27-32-34(43-37)46(29-15-11-12-16-29)31(9-2)36(48)44(32)6/h1,17-18,26-27,29,31H,9-16,19-25H2,2-7H3,(H,40,47)(H,41,42,43)/t31-/m1/s1. The number of rotatable bonds is 19. The molecule has 0 spiro atoms. The summed E-state index contributed by atoms with van der Waals surface area (Å²) in [5.74, 6) is 4.01. The number of amides is 3. The number of fused-ring (bicyclic) bond motifs is 1. The lowest BCUT2D eigenvalue weighted by Gasteiger charge is -2.43. The summed E-state index contributed by atoms with van der Waals surface area (Å²) in [5.41, 5.74) is 1.20. The molecule has 1 fully saturated rings. The minimum absolute atomic E-state index is 0.0653. The van der Waals surface area contributed by atoms with E-state index in [0.29, 0.717) is 100 Å². The van der Waals surface area contributed by atoms with Crippen molar-refractivity contribution in [3.8, 4) is 18.1 Å². The van der Waals surface area contributed by atoms with E-state index < -0.39 is 5.60 Å². The van der Waals surface area contributed by atoms with Crippen molar-refractivity contribution in [1.29, 1.82) is 0 Å². The van der Waals surface area contributed by atoms with Gasteiger partial charge in [0, 0.05) is 57.9 Å². The number of hydrogen-bond acceptors (Lipinski definition) is 11. The highest BCUT2D eigenvalue weighted by Gasteiger charge is 2.41. The highest BCUT2D eigenvalue weighted by molar-refractivity contribution is 6.04. The molecule has 4 rings (SSSR count). The van der Waals surface area contributed by atoms with Crippen molar-refractivity contribution >= 4 is 41.0 Å². The minimum Gasteiger partial charge on any atom is -0.495 e. The zero-order chi connectivity index (χ0) is 38.4. The van der Waals surface area contributed by atoms with Crippen LogP contribution in [0.3, 0.4) is 0 Å². The number of benzene rings is 1. The van der Waals surface area contributed by atoms with Crippen LogP contribution < -0.4 is 25.2 Å². The van der Waals surface area contributed by atoms with Crippen LogP contribution in [0.1, 0.15) is 89.4 Å². The molecule has 2 aliphatic rings. The smallest absolute Gasteiger partial charge is 0.410 e. The molecule has 1 aromatic heterocycles. The first-order chi connectivity index (χ1) is 25.5. The fourth-order valence-electron chi connectivity index (χ4n) is 6.48. The van der Waals surface area contributed by atoms with Crippen LogP contribution in [0, 0.1) is 12.3 Å². The summed E-state index contributed by atoms with van der Waals surface area (Å²) in [6, 6.07) is 5.17. The molecule has 3 amide bonds. The molecule has 0 saturated heterocycles. The van der Waals surface area contributed by atoms with Crippen molar-refractivity contribution in [2.75, 3.05) is 75.3 Å². The lowest BCUT2D eigenvalue weighted by Crippen LogP contribution is -2.55. The first-order valence-corrected chi connectivity index (χ1v) is 18.7. The van der Waals surface area contributed by atoms with Crippen LogP contribution in [0.25, 0.3) is 0 Å². The lowest BCUT2D eigenvalue weighted by molar-refractivity contribution is -0.120. The number of nitrogens with zero attached hydrogens (tertiary/aromatic N) is 5. The third-order valence-electron chi connectivity index (χ3n) is 9.14. The molecule has 2 aromatic rings. The molecule has 290 valence electrons. The van der Waals surface area contributed by atoms with Crippen LogP contribution >= 0.6 is 0 Å². The van der Waals surface area contributed by atoms with Crippen LogP contribution in [-0.4, -0.2) is 111 Å². The van der Waals surface area contributed by atoms with Crippen molar-refractivity contribution in [3.63, 3.8) is 0 Å². The van der Waals surface area contributed by atoms with E-state index >= 15 is 0 Å². The van der Waals surface area contributed by atoms with E-state index in [9.17, 15) is 14.4 Å². The zero-order valence-corrected chi connectivity index (χ0v) is 32.2. The van der Waals surface area contributed by atoms with Gasteiger partial charge in [-0.25, -0.2) is 9.78 Å². The SMILES string of the molecule is C#CCCN(CCCOCCOCCCNC(=O)c1ccc(Nc2ncc3c(n2)N(C2CCCC2)[C@H](CC)C(=O)N3C)c(OC)c1)C(=O)OC(C)(C)C. The van der Waals surface area contributed by atoms with E-state index in [2.05, 4.69) is 26.4 Å². The van der Waals surface area contributed by atoms with E-state index in [1.807, 2.05) is 27.7 Å². The highest BCUT2D eigenvalue weighted by Crippen LogP contribution is 2.40. The van der Waals surface area contributed by atoms with Gasteiger partial charge in [-0.1, -0.05) is 19.8 Å². The second kappa shape index (κ2) is 20.0. The Labute approximate surface area is 314 Å². The molecular formula is C39H57N7O7. The van der Waals surface area contributed by atoms with Crippen molar-refractivity contribution in [2.24, 2.45) is 0 Å². The molecule has 1 saturated carbocycles. The van der Waals surface area contributed by atoms with Gasteiger partial charge in [0.05, 0.1) is 32.2 Å². The van der Waals surface area contributed by atoms with Crippen LogP contribution in [0.5, 0.6) is 5.75 Å². The number of hydrogen-bond donors (Lipinski definition) is 2. The predicted molar refractivity (Wildman–Crippen MR) is 205 cm³/mol. The van der Waals surface area contributed by atoms with Crippen LogP contribution in [0.2, 0.25) is 0 Å². The normalized spacial score (nSPS) is 15.9. The molecule has 0 unspecified atom stereocenters. The summed E-state index contributed by atoms with van der Waals surface area (Å²) in [6.45, 7) is 10.7. The number of carbonyl (C=O) groups excluding carboxylic acids is 3. The van der Waals surface area contributed by atoms with Gasteiger partial charge in [-0.15, -0.1) is 12.3 Å². The Morgan fingerprint density at radius 2 is 1.79 bits per heavy atom. The average molecular weight is 736 g/mol. The van der Waals surface area contributed by atoms with Gasteiger partial charge in [0.15, 0.2) is 5.82 Å². The number of ether oxygens (including phenoxy) is 4. The summed E-state index contributed by atoms with van der Waals surface area (Å²) >= 11 is 0. The molecule has 0 radical (unpaired) electrons. The number of likely N-dealkylation sites (N-methyl/N-ethyl adjacent to an activating group) is 1. The van der Waals surface area contributed by atoms with E-state index in [4.69, 9.17) is 30.4 Å². The molecule has 2 N–H and O–H groups in total. The van der Waals surface area contributed by atoms with Gasteiger partial charge in [-0.3, -0.25) is 9.59 Å². The number of carbonyl (C=O) groups is 3. The summed E-state index contributed by atoms with van der Waals surface area (Å²) in [5, 5.41) is 6.18. The summed E-state index contributed by atoms with van der Waals surface area (Å²) in [7, 11) is 3.33. The molecule has 2 heterocycles. The Kier molecular flexibility index (Phi) is 15.5. The number of nitrogens with one attached hydrogen (secondary N) is 2. The van der Waals surface area contributed by atoms with Crippen molar-refractivity contribution in [1.82, 2.24) is 20.2 Å². The quantitative estimate of drug-likeness (QED) is 0.139. The molecule has 0 bridgehead atoms. The Hall–Kier alpha value is -4.61. The number of anilines is 4. The molecular weight excluding hydrogens is 678 g/mol. The maximum Gasteiger partial charge on any atom is 0.410 e. The number of methoxy groups -OCH3 is 1. The number of terminal acetylenes is 1. The van der Waals surface area contributed by atoms with Gasteiger partial charge in [-0.2, -0.15) is 4.98 Å². The third kappa shape index (κ3) is 11.7. The molecule has 1 aliphatic heterocycles. The van der Waals surface area contributed by atoms with Gasteiger partial charge in [0.25, 0.3) is 5.91 Å². The summed E-state index contributed by atoms with van der Waals surface area (Å²) < 4.78 is 22.4. The summed E-state index contributed by atoms with van der Waals surface area (Å²) in [6.07, 6.45) is 13.5. The molecule has 14 heteroatoms. The minimum atomic E-state index is -0.571. The highest BCUT2D eigenvalue weighted by atomic mass is 16.6. The number of aromatic nitrogens is 2. The van der Waals surface area contributed by atoms with Crippen LogP contribution in [-0.2, 0) is 19.0 Å². The van der Waals surface area contributed by atoms with Gasteiger partial charge in [0.1, 0.15) is 23.1 Å². The maximum absolute atomic E-state index is 13.2. The second-order valence-electron chi connectivity index (χ2n) is 14.2. The van der Waals surface area contributed by atoms with Crippen LogP contribution in [0.4, 0.5) is 27.9 Å². The zero-order valence-electron chi connectivity index (χ0n) is 32.2. The van der Waals surface area contributed by atoms with Gasteiger partial charge in [0.2, 0.25) is 11.9 Å². The topological polar surface area (TPSA) is 148 Å². The van der Waals surface area contributed by atoms with E-state index in [1.165, 1.54) is 0 Å². The average Bonchev–Trinajstić information content (AvgIpc) is 3.67. The Morgan fingerprint density at radius 3 is 2.45 bits per heavy atom. The van der Waals surface area contributed by atoms with E-state index in [-0.39, 0.29) is 30.0 Å². The van der Waals surface area contributed by atoms with Crippen molar-refractivity contribution < 1.29 is 33.3 Å². The fourth-order valence-corrected chi connectivity index (χ4v) is 6.48. The Balaban J connectivity index is 1.19. The fraction of sp³-hybridized carbons (Fsp3) is 0.615. The largest absolute Gasteiger partial charge is 0.495 e. The Morgan fingerprint density at radius 1 is 1.08 bits per heavy atom. The van der Waals surface area contributed by atoms with E-state index in [1.54, 1.807) is 48.4 Å². The third-order valence-corrected chi connectivity index (χ3v) is 9.14. The van der Waals surface area contributed by atoms with Crippen molar-refractivity contribution in [2.45, 2.75) is 96.7 Å². The van der Waals surface area contributed by atoms with Crippen LogP contribution in [0.15, 0.2) is 24.4 Å². The van der Waals surface area contributed by atoms with Crippen molar-refractivity contribution in [3.05, 3.63) is 30.0 Å².